The summed E-state index contributed by atoms with van der Waals surface area (Å²) in [5.74, 6) is -0.883. The Kier molecular flexibility index (Phi) is 7.43. The van der Waals surface area contributed by atoms with Crippen LogP contribution in [0.2, 0.25) is 0 Å². The summed E-state index contributed by atoms with van der Waals surface area (Å²) in [5.41, 5.74) is 0.858. The predicted octanol–water partition coefficient (Wildman–Crippen LogP) is 3.01. The summed E-state index contributed by atoms with van der Waals surface area (Å²) in [6.45, 7) is 7.03. The first kappa shape index (κ1) is 16.2. The van der Waals surface area contributed by atoms with Gasteiger partial charge in [0, 0.05) is 11.6 Å². The van der Waals surface area contributed by atoms with Crippen molar-refractivity contribution >= 4 is 17.6 Å². The summed E-state index contributed by atoms with van der Waals surface area (Å²) in [5, 5.41) is 10.8. The van der Waals surface area contributed by atoms with E-state index in [4.69, 9.17) is 5.11 Å². The number of amides is 1. The molecule has 0 aliphatic heterocycles. The normalized spacial score (nSPS) is 9.67. The first-order valence-electron chi connectivity index (χ1n) is 5.93. The van der Waals surface area contributed by atoms with Crippen molar-refractivity contribution in [1.82, 2.24) is 0 Å². The number of nitrogens with one attached hydrogen (secondary N) is 1. The maximum atomic E-state index is 11.2. The van der Waals surface area contributed by atoms with Crippen LogP contribution in [-0.2, 0) is 9.59 Å². The molecule has 0 aliphatic rings. The molecular formula is C14H21NO3. The van der Waals surface area contributed by atoms with Gasteiger partial charge < -0.3 is 10.4 Å². The molecule has 1 aromatic rings. The zero-order valence-corrected chi connectivity index (χ0v) is 11.3. The van der Waals surface area contributed by atoms with Crippen molar-refractivity contribution in [2.75, 3.05) is 5.32 Å². The Morgan fingerprint density at radius 3 is 1.78 bits per heavy atom. The third-order valence-electron chi connectivity index (χ3n) is 2.06. The Morgan fingerprint density at radius 1 is 1.00 bits per heavy atom. The quantitative estimate of drug-likeness (QED) is 0.867. The molecule has 0 atom stereocenters. The minimum absolute atomic E-state index is 0.0326. The van der Waals surface area contributed by atoms with Gasteiger partial charge in [-0.05, 0) is 12.1 Å². The van der Waals surface area contributed by atoms with Crippen LogP contribution in [-0.4, -0.2) is 17.0 Å². The van der Waals surface area contributed by atoms with Crippen LogP contribution in [0.25, 0.3) is 0 Å². The third kappa shape index (κ3) is 7.44. The van der Waals surface area contributed by atoms with Gasteiger partial charge in [-0.3, -0.25) is 9.59 Å². The number of para-hydroxylation sites is 1. The molecule has 18 heavy (non-hydrogen) atoms. The molecule has 1 aromatic carbocycles. The summed E-state index contributed by atoms with van der Waals surface area (Å²) in [7, 11) is 0. The molecule has 0 bridgehead atoms. The summed E-state index contributed by atoms with van der Waals surface area (Å²) < 4.78 is 0. The molecule has 0 aliphatic carbocycles. The number of hydrogen-bond donors (Lipinski definition) is 2. The molecule has 4 nitrogen and oxygen atoms in total. The number of hydrogen-bond acceptors (Lipinski definition) is 2. The highest BCUT2D eigenvalue weighted by molar-refractivity contribution is 5.91. The Bertz CT molecular complexity index is 372. The fourth-order valence-corrected chi connectivity index (χ4v) is 0.808. The van der Waals surface area contributed by atoms with Gasteiger partial charge in [0.05, 0.1) is 5.92 Å². The smallest absolute Gasteiger partial charge is 0.305 e. The lowest BCUT2D eigenvalue weighted by atomic mass is 10.2. The molecule has 0 fully saturated rings. The largest absolute Gasteiger partial charge is 0.481 e. The average Bonchev–Trinajstić information content (AvgIpc) is 2.30. The lowest BCUT2D eigenvalue weighted by Gasteiger charge is -2.06. The summed E-state index contributed by atoms with van der Waals surface area (Å²) in [6.07, 6.45) is 0. The highest BCUT2D eigenvalue weighted by atomic mass is 16.4. The van der Waals surface area contributed by atoms with Crippen molar-refractivity contribution < 1.29 is 14.7 Å². The van der Waals surface area contributed by atoms with Crippen LogP contribution in [0.4, 0.5) is 5.69 Å². The number of anilines is 1. The molecule has 100 valence electrons. The predicted molar refractivity (Wildman–Crippen MR) is 72.4 cm³/mol. The Labute approximate surface area is 108 Å². The molecule has 0 aromatic heterocycles. The number of carboxylic acid groups (broad SMARTS) is 1. The number of rotatable bonds is 3. The van der Waals surface area contributed by atoms with E-state index in [9.17, 15) is 9.59 Å². The Balaban J connectivity index is 0.000000411. The van der Waals surface area contributed by atoms with E-state index in [1.54, 1.807) is 13.8 Å². The summed E-state index contributed by atoms with van der Waals surface area (Å²) in [4.78, 5) is 20.9. The van der Waals surface area contributed by atoms with Crippen molar-refractivity contribution in [3.8, 4) is 0 Å². The lowest BCUT2D eigenvalue weighted by molar-refractivity contribution is -0.140. The van der Waals surface area contributed by atoms with Gasteiger partial charge in [0.25, 0.3) is 0 Å². The van der Waals surface area contributed by atoms with Gasteiger partial charge in [-0.25, -0.2) is 0 Å². The molecule has 0 unspecified atom stereocenters. The van der Waals surface area contributed by atoms with Crippen LogP contribution in [0, 0.1) is 11.8 Å². The second-order valence-corrected chi connectivity index (χ2v) is 4.50. The fourth-order valence-electron chi connectivity index (χ4n) is 0.808. The van der Waals surface area contributed by atoms with E-state index >= 15 is 0 Å². The van der Waals surface area contributed by atoms with Crippen molar-refractivity contribution in [1.29, 1.82) is 0 Å². The molecule has 4 heteroatoms. The van der Waals surface area contributed by atoms with Crippen LogP contribution in [0.1, 0.15) is 27.7 Å². The van der Waals surface area contributed by atoms with E-state index in [1.807, 2.05) is 44.2 Å². The number of carbonyl (C=O) groups is 2. The SMILES string of the molecule is CC(C)C(=O)Nc1ccccc1.CC(C)C(=O)O. The molecule has 2 N–H and O–H groups in total. The summed E-state index contributed by atoms with van der Waals surface area (Å²) in [6, 6.07) is 9.47. The van der Waals surface area contributed by atoms with Gasteiger partial charge in [0.2, 0.25) is 5.91 Å². The molecule has 0 spiro atoms. The van der Waals surface area contributed by atoms with Crippen molar-refractivity contribution in [2.45, 2.75) is 27.7 Å². The molecule has 1 amide bonds. The van der Waals surface area contributed by atoms with Gasteiger partial charge in [0.15, 0.2) is 0 Å². The number of benzene rings is 1. The highest BCUT2D eigenvalue weighted by Crippen LogP contribution is 2.06. The second kappa shape index (κ2) is 8.28. The van der Waals surface area contributed by atoms with Crippen LogP contribution in [0.3, 0.4) is 0 Å². The monoisotopic (exact) mass is 251 g/mol. The van der Waals surface area contributed by atoms with Crippen LogP contribution in [0.5, 0.6) is 0 Å². The minimum atomic E-state index is -0.741. The Hall–Kier alpha value is -1.84. The molecular weight excluding hydrogens is 230 g/mol. The first-order chi connectivity index (χ1) is 8.34. The van der Waals surface area contributed by atoms with Gasteiger partial charge >= 0.3 is 5.97 Å². The maximum absolute atomic E-state index is 11.2. The van der Waals surface area contributed by atoms with E-state index in [2.05, 4.69) is 5.32 Å². The van der Waals surface area contributed by atoms with Crippen LogP contribution >= 0.6 is 0 Å². The topological polar surface area (TPSA) is 66.4 Å². The fraction of sp³-hybridized carbons (Fsp3) is 0.429. The van der Waals surface area contributed by atoms with Crippen molar-refractivity contribution in [3.05, 3.63) is 30.3 Å². The average molecular weight is 251 g/mol. The highest BCUT2D eigenvalue weighted by Gasteiger charge is 2.05. The lowest BCUT2D eigenvalue weighted by Crippen LogP contribution is -2.17. The van der Waals surface area contributed by atoms with Crippen LogP contribution < -0.4 is 5.32 Å². The van der Waals surface area contributed by atoms with Gasteiger partial charge in [-0.2, -0.15) is 0 Å². The van der Waals surface area contributed by atoms with E-state index in [0.717, 1.165) is 5.69 Å². The Morgan fingerprint density at radius 2 is 1.44 bits per heavy atom. The minimum Gasteiger partial charge on any atom is -0.481 e. The number of aliphatic carboxylic acids is 1. The zero-order valence-electron chi connectivity index (χ0n) is 11.3. The van der Waals surface area contributed by atoms with Crippen molar-refractivity contribution in [2.24, 2.45) is 11.8 Å². The molecule has 0 radical (unpaired) electrons. The maximum Gasteiger partial charge on any atom is 0.305 e. The molecule has 0 saturated carbocycles. The summed E-state index contributed by atoms with van der Waals surface area (Å²) >= 11 is 0. The van der Waals surface area contributed by atoms with Crippen LogP contribution in [0.15, 0.2) is 30.3 Å². The van der Waals surface area contributed by atoms with E-state index in [-0.39, 0.29) is 17.7 Å². The number of carbonyl (C=O) groups excluding carboxylic acids is 1. The zero-order chi connectivity index (χ0) is 14.1. The molecule has 1 rings (SSSR count). The van der Waals surface area contributed by atoms with Crippen molar-refractivity contribution in [3.63, 3.8) is 0 Å². The standard InChI is InChI=1S/C10H13NO.C4H8O2/c1-8(2)10(12)11-9-6-4-3-5-7-9;1-3(2)4(5)6/h3-8H,1-2H3,(H,11,12);3H,1-2H3,(H,5,6). The van der Waals surface area contributed by atoms with Gasteiger partial charge in [-0.15, -0.1) is 0 Å². The van der Waals surface area contributed by atoms with E-state index < -0.39 is 5.97 Å². The van der Waals surface area contributed by atoms with Gasteiger partial charge in [0.1, 0.15) is 0 Å². The third-order valence-corrected chi connectivity index (χ3v) is 2.06. The first-order valence-corrected chi connectivity index (χ1v) is 5.93. The molecule has 0 saturated heterocycles. The number of carboxylic acids is 1. The van der Waals surface area contributed by atoms with E-state index in [1.165, 1.54) is 0 Å². The van der Waals surface area contributed by atoms with E-state index in [0.29, 0.717) is 0 Å². The van der Waals surface area contributed by atoms with Gasteiger partial charge in [-0.1, -0.05) is 45.9 Å². The molecule has 0 heterocycles. The second-order valence-electron chi connectivity index (χ2n) is 4.50.